The Morgan fingerprint density at radius 1 is 0.484 bits per heavy atom. The fourth-order valence-corrected chi connectivity index (χ4v) is 6.42. The van der Waals surface area contributed by atoms with E-state index < -0.39 is 0 Å². The van der Waals surface area contributed by atoms with Crippen molar-refractivity contribution in [3.05, 3.63) is 119 Å². The first-order valence-corrected chi connectivity index (χ1v) is 21.5. The van der Waals surface area contributed by atoms with E-state index in [1.165, 1.54) is 0 Å². The Labute approximate surface area is 364 Å². The van der Waals surface area contributed by atoms with Crippen molar-refractivity contribution in [2.45, 2.75) is 79.1 Å². The maximum Gasteiger partial charge on any atom is 0.338 e. The summed E-state index contributed by atoms with van der Waals surface area (Å²) in [5.74, 6) is 0.00708. The number of carbonyl (C=O) groups is 4. The lowest BCUT2D eigenvalue weighted by Crippen LogP contribution is -2.17. The number of unbranched alkanes of at least 4 members (excludes halogenated alkanes) is 2. The average molecular weight is 843 g/mol. The molecule has 0 bridgehead atoms. The third-order valence-corrected chi connectivity index (χ3v) is 10.4. The molecule has 326 valence electrons. The van der Waals surface area contributed by atoms with Crippen molar-refractivity contribution < 1.29 is 28.7 Å². The van der Waals surface area contributed by atoms with Gasteiger partial charge >= 0.3 is 11.9 Å². The van der Waals surface area contributed by atoms with Gasteiger partial charge in [-0.05, 0) is 122 Å². The molecule has 0 fully saturated rings. The first-order valence-electron chi connectivity index (χ1n) is 21.5. The van der Waals surface area contributed by atoms with Gasteiger partial charge in [0.15, 0.2) is 0 Å². The van der Waals surface area contributed by atoms with Crippen LogP contribution in [0.4, 0.5) is 40.6 Å². The normalized spacial score (nSPS) is 11.8. The molecule has 14 heteroatoms. The van der Waals surface area contributed by atoms with Crippen LogP contribution in [0, 0.1) is 11.8 Å². The van der Waals surface area contributed by atoms with Gasteiger partial charge in [-0.3, -0.25) is 9.59 Å². The molecule has 2 atom stereocenters. The molecule has 4 aromatic carbocycles. The summed E-state index contributed by atoms with van der Waals surface area (Å²) in [7, 11) is 1.57. The van der Waals surface area contributed by atoms with Crippen molar-refractivity contribution in [1.29, 1.82) is 0 Å². The lowest BCUT2D eigenvalue weighted by atomic mass is 10.0. The number of carbonyl (C=O) groups excluding carboxylic acids is 4. The summed E-state index contributed by atoms with van der Waals surface area (Å²) in [5.41, 5.74) is 4.17. The van der Waals surface area contributed by atoms with Crippen LogP contribution < -0.4 is 26.6 Å². The molecule has 1 heterocycles. The highest BCUT2D eigenvalue weighted by atomic mass is 16.5. The smallest absolute Gasteiger partial charge is 0.338 e. The van der Waals surface area contributed by atoms with E-state index in [1.807, 2.05) is 0 Å². The van der Waals surface area contributed by atoms with Gasteiger partial charge in [0.1, 0.15) is 0 Å². The Kier molecular flexibility index (Phi) is 17.8. The maximum atomic E-state index is 13.2. The number of amides is 2. The minimum absolute atomic E-state index is 0.197. The Morgan fingerprint density at radius 2 is 0.823 bits per heavy atom. The van der Waals surface area contributed by atoms with Crippen molar-refractivity contribution in [3.63, 3.8) is 0 Å². The third kappa shape index (κ3) is 14.1. The van der Waals surface area contributed by atoms with Gasteiger partial charge in [-0.2, -0.15) is 15.0 Å². The van der Waals surface area contributed by atoms with E-state index in [0.29, 0.717) is 70.1 Å². The summed E-state index contributed by atoms with van der Waals surface area (Å²) in [6, 6.07) is 27.1. The molecule has 0 saturated heterocycles. The highest BCUT2D eigenvalue weighted by Gasteiger charge is 2.16. The second-order valence-electron chi connectivity index (χ2n) is 15.1. The fraction of sp³-hybridized carbons (Fsp3) is 0.354. The third-order valence-electron chi connectivity index (χ3n) is 10.4. The lowest BCUT2D eigenvalue weighted by molar-refractivity contribution is 0.0419. The Bertz CT molecular complexity index is 2220. The standard InChI is InChI=1S/C48H58N8O6/c1-6-10-12-32(8-3)30-61-44(59)36-18-26-38(27-19-36)50-43(58)35-16-24-40(25-17-35)52-47-54-46(51-39-22-14-34(15-23-39)42(57)49-5)55-48(56-47)53-41-28-20-37(21-29-41)45(60)62-31-33(9-4)13-11-7-2/h14-29,32-33H,6-13,30-31H2,1-5H3,(H,49,57)(H,50,58)(H3,51,52,53,54,55,56). The van der Waals surface area contributed by atoms with Crippen LogP contribution in [-0.4, -0.2) is 59.0 Å². The number of aromatic nitrogens is 3. The van der Waals surface area contributed by atoms with Gasteiger partial charge in [0, 0.05) is 40.9 Å². The summed E-state index contributed by atoms with van der Waals surface area (Å²) in [6.07, 6.45) is 8.41. The second kappa shape index (κ2) is 23.8. The number of esters is 2. The first kappa shape index (κ1) is 46.2. The molecule has 5 N–H and O–H groups in total. The Morgan fingerprint density at radius 3 is 1.16 bits per heavy atom. The van der Waals surface area contributed by atoms with E-state index in [1.54, 1.807) is 104 Å². The molecule has 0 saturated carbocycles. The van der Waals surface area contributed by atoms with Crippen molar-refractivity contribution in [2.24, 2.45) is 11.8 Å². The van der Waals surface area contributed by atoms with Crippen LogP contribution in [0.25, 0.3) is 0 Å². The molecule has 0 aliphatic carbocycles. The number of rotatable bonds is 23. The summed E-state index contributed by atoms with van der Waals surface area (Å²) in [6.45, 7) is 9.31. The predicted molar refractivity (Wildman–Crippen MR) is 244 cm³/mol. The van der Waals surface area contributed by atoms with Gasteiger partial charge in [-0.25, -0.2) is 9.59 Å². The molecule has 62 heavy (non-hydrogen) atoms. The van der Waals surface area contributed by atoms with Crippen LogP contribution >= 0.6 is 0 Å². The molecule has 14 nitrogen and oxygen atoms in total. The molecule has 0 spiro atoms. The van der Waals surface area contributed by atoms with Crippen LogP contribution in [-0.2, 0) is 9.47 Å². The minimum Gasteiger partial charge on any atom is -0.462 e. The van der Waals surface area contributed by atoms with Crippen molar-refractivity contribution >= 4 is 64.3 Å². The number of ether oxygens (including phenoxy) is 2. The molecule has 2 amide bonds. The summed E-state index contributed by atoms with van der Waals surface area (Å²) in [4.78, 5) is 64.4. The zero-order valence-electron chi connectivity index (χ0n) is 36.3. The average Bonchev–Trinajstić information content (AvgIpc) is 3.29. The molecule has 2 unspecified atom stereocenters. The molecule has 1 aromatic heterocycles. The van der Waals surface area contributed by atoms with E-state index in [-0.39, 0.29) is 41.6 Å². The van der Waals surface area contributed by atoms with Gasteiger partial charge in [-0.1, -0.05) is 66.2 Å². The Balaban J connectivity index is 1.25. The number of benzene rings is 4. The highest BCUT2D eigenvalue weighted by molar-refractivity contribution is 6.04. The molecule has 0 aliphatic rings. The van der Waals surface area contributed by atoms with E-state index >= 15 is 0 Å². The van der Waals surface area contributed by atoms with Crippen LogP contribution in [0.2, 0.25) is 0 Å². The summed E-state index contributed by atoms with van der Waals surface area (Å²) < 4.78 is 11.2. The van der Waals surface area contributed by atoms with Gasteiger partial charge in [0.05, 0.1) is 24.3 Å². The predicted octanol–water partition coefficient (Wildman–Crippen LogP) is 10.5. The number of hydrogen-bond acceptors (Lipinski definition) is 12. The lowest BCUT2D eigenvalue weighted by Gasteiger charge is -2.15. The largest absolute Gasteiger partial charge is 0.462 e. The quantitative estimate of drug-likeness (QED) is 0.0393. The molecule has 5 aromatic rings. The molecular formula is C48H58N8O6. The monoisotopic (exact) mass is 842 g/mol. The zero-order chi connectivity index (χ0) is 44.3. The van der Waals surface area contributed by atoms with Gasteiger partial charge in [0.2, 0.25) is 17.8 Å². The molecule has 5 rings (SSSR count). The number of anilines is 7. The van der Waals surface area contributed by atoms with Gasteiger partial charge in [-0.15, -0.1) is 0 Å². The van der Waals surface area contributed by atoms with E-state index in [2.05, 4.69) is 69.2 Å². The highest BCUT2D eigenvalue weighted by Crippen LogP contribution is 2.23. The van der Waals surface area contributed by atoms with E-state index in [9.17, 15) is 19.2 Å². The molecular weight excluding hydrogens is 785 g/mol. The minimum atomic E-state index is -0.382. The van der Waals surface area contributed by atoms with Crippen LogP contribution in [0.15, 0.2) is 97.1 Å². The van der Waals surface area contributed by atoms with E-state index in [0.717, 1.165) is 51.4 Å². The van der Waals surface area contributed by atoms with Crippen LogP contribution in [0.3, 0.4) is 0 Å². The summed E-state index contributed by atoms with van der Waals surface area (Å²) >= 11 is 0. The molecule has 0 aliphatic heterocycles. The summed E-state index contributed by atoms with van der Waals surface area (Å²) in [5, 5.41) is 15.0. The van der Waals surface area contributed by atoms with Gasteiger partial charge < -0.3 is 36.1 Å². The number of hydrogen-bond donors (Lipinski definition) is 5. The van der Waals surface area contributed by atoms with Crippen LogP contribution in [0.5, 0.6) is 0 Å². The van der Waals surface area contributed by atoms with Crippen molar-refractivity contribution in [2.75, 3.05) is 41.5 Å². The van der Waals surface area contributed by atoms with Crippen LogP contribution in [0.1, 0.15) is 120 Å². The topological polar surface area (TPSA) is 186 Å². The maximum absolute atomic E-state index is 13.2. The first-order chi connectivity index (χ1) is 30.1. The Hall–Kier alpha value is -6.83. The SMILES string of the molecule is CCCCC(CC)COC(=O)c1ccc(NC(=O)c2ccc(Nc3nc(Nc4ccc(C(=O)NC)cc4)nc(Nc4ccc(C(=O)OCC(CC)CCCC)cc4)n3)cc2)cc1. The number of nitrogens with zero attached hydrogens (tertiary/aromatic N) is 3. The van der Waals surface area contributed by atoms with E-state index in [4.69, 9.17) is 9.47 Å². The second-order valence-corrected chi connectivity index (χ2v) is 15.1. The van der Waals surface area contributed by atoms with Gasteiger partial charge in [0.25, 0.3) is 11.8 Å². The fourth-order valence-electron chi connectivity index (χ4n) is 6.42. The van der Waals surface area contributed by atoms with Crippen molar-refractivity contribution in [3.8, 4) is 0 Å². The number of nitrogens with one attached hydrogen (secondary N) is 5. The molecule has 0 radical (unpaired) electrons. The van der Waals surface area contributed by atoms with Crippen molar-refractivity contribution in [1.82, 2.24) is 20.3 Å². The zero-order valence-corrected chi connectivity index (χ0v) is 36.3.